The van der Waals surface area contributed by atoms with Crippen LogP contribution in [0.5, 0.6) is 0 Å². The zero-order valence-electron chi connectivity index (χ0n) is 21.4. The third-order valence-corrected chi connectivity index (χ3v) is 6.45. The Hall–Kier alpha value is -4.30. The van der Waals surface area contributed by atoms with Gasteiger partial charge in [0.25, 0.3) is 0 Å². The summed E-state index contributed by atoms with van der Waals surface area (Å²) in [6, 6.07) is 43.7. The van der Waals surface area contributed by atoms with Crippen LogP contribution in [0.1, 0.15) is 22.3 Å². The van der Waals surface area contributed by atoms with Gasteiger partial charge in [-0.25, -0.2) is 0 Å². The summed E-state index contributed by atoms with van der Waals surface area (Å²) >= 11 is 0. The van der Waals surface area contributed by atoms with Crippen molar-refractivity contribution in [2.75, 3.05) is 9.80 Å². The van der Waals surface area contributed by atoms with Gasteiger partial charge in [-0.1, -0.05) is 65.7 Å². The van der Waals surface area contributed by atoms with E-state index in [0.29, 0.717) is 0 Å². The average molecular weight is 469 g/mol. The Kier molecular flexibility index (Phi) is 6.60. The van der Waals surface area contributed by atoms with E-state index in [2.05, 4.69) is 159 Å². The van der Waals surface area contributed by atoms with E-state index in [1.54, 1.807) is 0 Å². The second-order valence-electron chi connectivity index (χ2n) is 9.54. The molecule has 0 aliphatic heterocycles. The Morgan fingerprint density at radius 3 is 1.00 bits per heavy atom. The van der Waals surface area contributed by atoms with Crippen molar-refractivity contribution < 1.29 is 0 Å². The quantitative estimate of drug-likeness (QED) is 0.245. The van der Waals surface area contributed by atoms with Gasteiger partial charge in [0.05, 0.1) is 0 Å². The van der Waals surface area contributed by atoms with Gasteiger partial charge in [-0.2, -0.15) is 0 Å². The highest BCUT2D eigenvalue weighted by Gasteiger charge is 2.17. The maximum absolute atomic E-state index is 2.33. The number of anilines is 6. The van der Waals surface area contributed by atoms with E-state index in [1.165, 1.54) is 22.3 Å². The van der Waals surface area contributed by atoms with Crippen LogP contribution in [-0.4, -0.2) is 0 Å². The first-order valence-corrected chi connectivity index (χ1v) is 12.4. The van der Waals surface area contributed by atoms with Crippen molar-refractivity contribution in [2.45, 2.75) is 27.7 Å². The second kappa shape index (κ2) is 10.1. The molecule has 0 saturated carbocycles. The topological polar surface area (TPSA) is 6.48 Å². The molecule has 5 rings (SSSR count). The van der Waals surface area contributed by atoms with Crippen molar-refractivity contribution in [3.05, 3.63) is 144 Å². The molecule has 5 aromatic rings. The fourth-order valence-corrected chi connectivity index (χ4v) is 4.59. The van der Waals surface area contributed by atoms with Gasteiger partial charge in [0, 0.05) is 34.1 Å². The zero-order chi connectivity index (χ0) is 25.1. The molecule has 36 heavy (non-hydrogen) atoms. The summed E-state index contributed by atoms with van der Waals surface area (Å²) in [4.78, 5) is 4.67. The smallest absolute Gasteiger partial charge is 0.0482 e. The third-order valence-electron chi connectivity index (χ3n) is 6.45. The van der Waals surface area contributed by atoms with E-state index in [0.717, 1.165) is 34.1 Å². The molecule has 0 amide bonds. The summed E-state index contributed by atoms with van der Waals surface area (Å²) in [5, 5.41) is 0. The standard InChI is InChI=1S/C34H32N2/c1-25-14-18-29(19-15-25)35(31-10-5-8-27(3)22-31)33-12-7-13-34(24-33)36(30-20-16-26(2)17-21-30)32-11-6-9-28(4)23-32/h5-24H,1-4H3. The number of aryl methyl sites for hydroxylation is 4. The van der Waals surface area contributed by atoms with E-state index in [4.69, 9.17) is 0 Å². The van der Waals surface area contributed by atoms with E-state index < -0.39 is 0 Å². The summed E-state index contributed by atoms with van der Waals surface area (Å²) in [5.74, 6) is 0. The lowest BCUT2D eigenvalue weighted by atomic mass is 10.1. The SMILES string of the molecule is Cc1ccc(N(c2cccc(C)c2)c2cccc(N(c3ccc(C)cc3)c3cccc(C)c3)c2)cc1. The summed E-state index contributed by atoms with van der Waals surface area (Å²) in [6.45, 7) is 8.54. The Morgan fingerprint density at radius 2 is 0.639 bits per heavy atom. The van der Waals surface area contributed by atoms with Crippen molar-refractivity contribution in [2.24, 2.45) is 0 Å². The lowest BCUT2D eigenvalue weighted by Gasteiger charge is -2.29. The van der Waals surface area contributed by atoms with Crippen LogP contribution in [0.15, 0.2) is 121 Å². The average Bonchev–Trinajstić information content (AvgIpc) is 2.87. The molecule has 0 radical (unpaired) electrons. The molecule has 0 fully saturated rings. The summed E-state index contributed by atoms with van der Waals surface area (Å²) in [5.41, 5.74) is 11.8. The molecule has 0 atom stereocenters. The fourth-order valence-electron chi connectivity index (χ4n) is 4.59. The van der Waals surface area contributed by atoms with Gasteiger partial charge in [-0.15, -0.1) is 0 Å². The molecule has 178 valence electrons. The predicted molar refractivity (Wildman–Crippen MR) is 155 cm³/mol. The first-order chi connectivity index (χ1) is 17.5. The highest BCUT2D eigenvalue weighted by Crippen LogP contribution is 2.40. The van der Waals surface area contributed by atoms with Gasteiger partial charge in [-0.05, 0) is 106 Å². The molecule has 0 saturated heterocycles. The highest BCUT2D eigenvalue weighted by molar-refractivity contribution is 5.83. The molecule has 0 N–H and O–H groups in total. The van der Waals surface area contributed by atoms with Crippen LogP contribution < -0.4 is 9.80 Å². The minimum Gasteiger partial charge on any atom is -0.310 e. The van der Waals surface area contributed by atoms with Crippen molar-refractivity contribution in [1.82, 2.24) is 0 Å². The maximum atomic E-state index is 2.33. The van der Waals surface area contributed by atoms with Gasteiger partial charge < -0.3 is 9.80 Å². The second-order valence-corrected chi connectivity index (χ2v) is 9.54. The first kappa shape index (κ1) is 23.4. The van der Waals surface area contributed by atoms with E-state index >= 15 is 0 Å². The molecule has 0 bridgehead atoms. The number of hydrogen-bond donors (Lipinski definition) is 0. The largest absolute Gasteiger partial charge is 0.310 e. The predicted octanol–water partition coefficient (Wildman–Crippen LogP) is 9.86. The van der Waals surface area contributed by atoms with Gasteiger partial charge in [0.2, 0.25) is 0 Å². The Balaban J connectivity index is 1.67. The van der Waals surface area contributed by atoms with Crippen LogP contribution in [0.3, 0.4) is 0 Å². The van der Waals surface area contributed by atoms with Crippen LogP contribution in [0.25, 0.3) is 0 Å². The van der Waals surface area contributed by atoms with Gasteiger partial charge in [0.1, 0.15) is 0 Å². The molecule has 0 spiro atoms. The van der Waals surface area contributed by atoms with Crippen LogP contribution in [0, 0.1) is 27.7 Å². The Morgan fingerprint density at radius 1 is 0.306 bits per heavy atom. The van der Waals surface area contributed by atoms with Gasteiger partial charge in [0.15, 0.2) is 0 Å². The molecule has 2 nitrogen and oxygen atoms in total. The summed E-state index contributed by atoms with van der Waals surface area (Å²) < 4.78 is 0. The van der Waals surface area contributed by atoms with Crippen LogP contribution in [0.2, 0.25) is 0 Å². The van der Waals surface area contributed by atoms with E-state index in [-0.39, 0.29) is 0 Å². The van der Waals surface area contributed by atoms with Crippen molar-refractivity contribution in [1.29, 1.82) is 0 Å². The van der Waals surface area contributed by atoms with Gasteiger partial charge in [-0.3, -0.25) is 0 Å². The molecular formula is C34H32N2. The normalized spacial score (nSPS) is 10.8. The lowest BCUT2D eigenvalue weighted by Crippen LogP contribution is -2.13. The monoisotopic (exact) mass is 468 g/mol. The van der Waals surface area contributed by atoms with Crippen molar-refractivity contribution >= 4 is 34.1 Å². The van der Waals surface area contributed by atoms with Gasteiger partial charge >= 0.3 is 0 Å². The number of nitrogens with zero attached hydrogens (tertiary/aromatic N) is 2. The summed E-state index contributed by atoms with van der Waals surface area (Å²) in [7, 11) is 0. The molecule has 5 aromatic carbocycles. The van der Waals surface area contributed by atoms with Crippen LogP contribution in [-0.2, 0) is 0 Å². The molecule has 0 heterocycles. The lowest BCUT2D eigenvalue weighted by molar-refractivity contribution is 1.23. The highest BCUT2D eigenvalue weighted by atomic mass is 15.2. The fraction of sp³-hybridized carbons (Fsp3) is 0.118. The summed E-state index contributed by atoms with van der Waals surface area (Å²) in [6.07, 6.45) is 0. The third kappa shape index (κ3) is 5.04. The molecule has 0 unspecified atom stereocenters. The molecule has 0 aliphatic rings. The minimum atomic E-state index is 1.12. The minimum absolute atomic E-state index is 1.12. The molecule has 0 aromatic heterocycles. The van der Waals surface area contributed by atoms with Crippen molar-refractivity contribution in [3.8, 4) is 0 Å². The first-order valence-electron chi connectivity index (χ1n) is 12.4. The maximum Gasteiger partial charge on any atom is 0.0482 e. The molecular weight excluding hydrogens is 436 g/mol. The number of rotatable bonds is 6. The van der Waals surface area contributed by atoms with Crippen molar-refractivity contribution in [3.63, 3.8) is 0 Å². The Labute approximate surface area is 215 Å². The number of hydrogen-bond acceptors (Lipinski definition) is 2. The van der Waals surface area contributed by atoms with E-state index in [1.807, 2.05) is 0 Å². The zero-order valence-corrected chi connectivity index (χ0v) is 21.4. The molecule has 0 aliphatic carbocycles. The van der Waals surface area contributed by atoms with Crippen LogP contribution >= 0.6 is 0 Å². The molecule has 2 heteroatoms. The van der Waals surface area contributed by atoms with E-state index in [9.17, 15) is 0 Å². The number of benzene rings is 5. The Bertz CT molecular complexity index is 1360. The van der Waals surface area contributed by atoms with Crippen LogP contribution in [0.4, 0.5) is 34.1 Å².